The maximum atomic E-state index is 5.10. The highest BCUT2D eigenvalue weighted by molar-refractivity contribution is 5.89. The molecule has 0 amide bonds. The Bertz CT molecular complexity index is 2950. The maximum Gasteiger partial charge on any atom is 0.164 e. The van der Waals surface area contributed by atoms with Gasteiger partial charge in [0.15, 0.2) is 23.3 Å². The van der Waals surface area contributed by atoms with Crippen LogP contribution in [0.2, 0.25) is 0 Å². The van der Waals surface area contributed by atoms with Crippen molar-refractivity contribution in [3.8, 4) is 101 Å². The Hall–Kier alpha value is -8.22. The van der Waals surface area contributed by atoms with Gasteiger partial charge in [-0.15, -0.1) is 0 Å². The highest BCUT2D eigenvalue weighted by Crippen LogP contribution is 2.38. The smallest absolute Gasteiger partial charge is 0.164 e. The van der Waals surface area contributed by atoms with Gasteiger partial charge in [-0.1, -0.05) is 170 Å². The third-order valence-electron chi connectivity index (χ3n) is 10.5. The Balaban J connectivity index is 1.06. The molecule has 0 N–H and O–H groups in total. The molecule has 0 spiro atoms. The molecule has 0 unspecified atom stereocenters. The van der Waals surface area contributed by atoms with E-state index in [1.807, 2.05) is 109 Å². The lowest BCUT2D eigenvalue weighted by atomic mass is 9.90. The predicted molar refractivity (Wildman–Crippen MR) is 242 cm³/mol. The van der Waals surface area contributed by atoms with Gasteiger partial charge in [0, 0.05) is 45.8 Å². The largest absolute Gasteiger partial charge is 0.265 e. The number of aromatic nitrogens is 6. The summed E-state index contributed by atoms with van der Waals surface area (Å²) < 4.78 is 0. The molecule has 0 fully saturated rings. The molecule has 0 aliphatic rings. The Morgan fingerprint density at radius 1 is 0.217 bits per heavy atom. The van der Waals surface area contributed by atoms with Crippen molar-refractivity contribution in [3.05, 3.63) is 219 Å². The van der Waals surface area contributed by atoms with Crippen molar-refractivity contribution in [3.63, 3.8) is 0 Å². The van der Waals surface area contributed by atoms with Gasteiger partial charge in [-0.25, -0.2) is 24.9 Å². The van der Waals surface area contributed by atoms with E-state index in [0.29, 0.717) is 23.3 Å². The fourth-order valence-corrected chi connectivity index (χ4v) is 7.44. The molecule has 6 heteroatoms. The van der Waals surface area contributed by atoms with E-state index in [0.717, 1.165) is 78.1 Å². The summed E-state index contributed by atoms with van der Waals surface area (Å²) in [5.74, 6) is 2.53. The molecular weight excluding hydrogens is 733 g/mol. The number of hydrogen-bond acceptors (Lipinski definition) is 6. The fraction of sp³-hybridized carbons (Fsp3) is 0. The second-order valence-electron chi connectivity index (χ2n) is 14.4. The second-order valence-corrected chi connectivity index (χ2v) is 14.4. The van der Waals surface area contributed by atoms with Crippen molar-refractivity contribution < 1.29 is 0 Å². The molecule has 6 nitrogen and oxygen atoms in total. The van der Waals surface area contributed by atoms with Crippen LogP contribution < -0.4 is 0 Å². The standard InChI is InChI=1S/C54H36N6/c1-5-15-38(16-6-1)49-36-50(39-17-7-2-8-18-39)57-53(56-49)45-25-13-23-42(33-45)43-27-28-47(48(35-43)37-29-31-55-32-30-37)44-24-14-26-46(34-44)54-59-51(40-19-9-3-10-20-40)58-52(60-54)41-21-11-4-12-22-41/h1-36H. The summed E-state index contributed by atoms with van der Waals surface area (Å²) in [5, 5.41) is 0. The van der Waals surface area contributed by atoms with E-state index >= 15 is 0 Å². The minimum absolute atomic E-state index is 0.609. The first-order valence-corrected chi connectivity index (χ1v) is 19.8. The average Bonchev–Trinajstić information content (AvgIpc) is 3.35. The molecule has 3 aromatic heterocycles. The van der Waals surface area contributed by atoms with E-state index in [4.69, 9.17) is 24.9 Å². The molecule has 7 aromatic carbocycles. The number of hydrogen-bond donors (Lipinski definition) is 0. The van der Waals surface area contributed by atoms with E-state index in [-0.39, 0.29) is 0 Å². The number of rotatable bonds is 9. The summed E-state index contributed by atoms with van der Waals surface area (Å²) in [6.45, 7) is 0. The summed E-state index contributed by atoms with van der Waals surface area (Å²) in [6.07, 6.45) is 3.68. The van der Waals surface area contributed by atoms with Crippen molar-refractivity contribution in [1.29, 1.82) is 0 Å². The van der Waals surface area contributed by atoms with Gasteiger partial charge in [0.25, 0.3) is 0 Å². The van der Waals surface area contributed by atoms with Gasteiger partial charge in [0.2, 0.25) is 0 Å². The van der Waals surface area contributed by atoms with E-state index in [2.05, 4.69) is 114 Å². The van der Waals surface area contributed by atoms with Crippen molar-refractivity contribution in [1.82, 2.24) is 29.9 Å². The molecule has 10 aromatic rings. The Labute approximate surface area is 348 Å². The molecule has 10 rings (SSSR count). The highest BCUT2D eigenvalue weighted by Gasteiger charge is 2.16. The molecular formula is C54H36N6. The van der Waals surface area contributed by atoms with Gasteiger partial charge >= 0.3 is 0 Å². The highest BCUT2D eigenvalue weighted by atomic mass is 15.0. The Kier molecular flexibility index (Phi) is 9.84. The van der Waals surface area contributed by atoms with Crippen LogP contribution in [0, 0.1) is 0 Å². The second kappa shape index (κ2) is 16.3. The first kappa shape index (κ1) is 36.1. The van der Waals surface area contributed by atoms with Crippen LogP contribution in [0.3, 0.4) is 0 Å². The third kappa shape index (κ3) is 7.61. The topological polar surface area (TPSA) is 77.3 Å². The van der Waals surface area contributed by atoms with Gasteiger partial charge in [-0.2, -0.15) is 0 Å². The van der Waals surface area contributed by atoms with Crippen molar-refractivity contribution in [2.24, 2.45) is 0 Å². The molecule has 0 aliphatic heterocycles. The summed E-state index contributed by atoms with van der Waals surface area (Å²) >= 11 is 0. The van der Waals surface area contributed by atoms with Crippen LogP contribution in [0.25, 0.3) is 101 Å². The molecule has 60 heavy (non-hydrogen) atoms. The van der Waals surface area contributed by atoms with Crippen LogP contribution in [0.5, 0.6) is 0 Å². The van der Waals surface area contributed by atoms with Crippen molar-refractivity contribution in [2.75, 3.05) is 0 Å². The minimum Gasteiger partial charge on any atom is -0.265 e. The van der Waals surface area contributed by atoms with Crippen LogP contribution >= 0.6 is 0 Å². The average molecular weight is 769 g/mol. The Morgan fingerprint density at radius 2 is 0.617 bits per heavy atom. The van der Waals surface area contributed by atoms with Gasteiger partial charge in [0.05, 0.1) is 11.4 Å². The molecule has 0 saturated heterocycles. The molecule has 3 heterocycles. The van der Waals surface area contributed by atoms with E-state index < -0.39 is 0 Å². The number of pyridine rings is 1. The lowest BCUT2D eigenvalue weighted by Gasteiger charge is -2.15. The lowest BCUT2D eigenvalue weighted by Crippen LogP contribution is -2.00. The van der Waals surface area contributed by atoms with E-state index in [9.17, 15) is 0 Å². The number of benzene rings is 7. The first-order valence-electron chi connectivity index (χ1n) is 19.8. The molecule has 0 aliphatic carbocycles. The normalized spacial score (nSPS) is 11.0. The lowest BCUT2D eigenvalue weighted by molar-refractivity contribution is 1.07. The summed E-state index contributed by atoms with van der Waals surface area (Å²) in [4.78, 5) is 29.4. The zero-order valence-electron chi connectivity index (χ0n) is 32.5. The summed E-state index contributed by atoms with van der Waals surface area (Å²) in [7, 11) is 0. The SMILES string of the molecule is c1ccc(-c2cc(-c3ccccc3)nc(-c3cccc(-c4ccc(-c5cccc(-c6nc(-c7ccccc7)nc(-c7ccccc7)n6)c5)c(-c5ccncc5)c4)c3)n2)cc1. The molecule has 0 radical (unpaired) electrons. The molecule has 282 valence electrons. The Morgan fingerprint density at radius 3 is 1.15 bits per heavy atom. The predicted octanol–water partition coefficient (Wildman–Crippen LogP) is 13.1. The zero-order valence-corrected chi connectivity index (χ0v) is 32.5. The van der Waals surface area contributed by atoms with Crippen LogP contribution in [0.4, 0.5) is 0 Å². The number of nitrogens with zero attached hydrogens (tertiary/aromatic N) is 6. The van der Waals surface area contributed by atoms with Gasteiger partial charge < -0.3 is 0 Å². The molecule has 0 atom stereocenters. The van der Waals surface area contributed by atoms with Crippen molar-refractivity contribution >= 4 is 0 Å². The minimum atomic E-state index is 0.609. The van der Waals surface area contributed by atoms with Crippen molar-refractivity contribution in [2.45, 2.75) is 0 Å². The zero-order chi connectivity index (χ0) is 40.1. The summed E-state index contributed by atoms with van der Waals surface area (Å²) in [5.41, 5.74) is 13.9. The van der Waals surface area contributed by atoms with Crippen LogP contribution in [-0.4, -0.2) is 29.9 Å². The van der Waals surface area contributed by atoms with E-state index in [1.165, 1.54) is 0 Å². The molecule has 0 bridgehead atoms. The monoisotopic (exact) mass is 768 g/mol. The molecule has 0 saturated carbocycles. The van der Waals surface area contributed by atoms with Gasteiger partial charge in [0.1, 0.15) is 0 Å². The maximum absolute atomic E-state index is 5.10. The first-order chi connectivity index (χ1) is 29.7. The van der Waals surface area contributed by atoms with Crippen LogP contribution in [-0.2, 0) is 0 Å². The third-order valence-corrected chi connectivity index (χ3v) is 10.5. The summed E-state index contributed by atoms with van der Waals surface area (Å²) in [6, 6.07) is 70.4. The van der Waals surface area contributed by atoms with Crippen LogP contribution in [0.1, 0.15) is 0 Å². The fourth-order valence-electron chi connectivity index (χ4n) is 7.44. The quantitative estimate of drug-likeness (QED) is 0.145. The van der Waals surface area contributed by atoms with Gasteiger partial charge in [-0.3, -0.25) is 4.98 Å². The van der Waals surface area contributed by atoms with E-state index in [1.54, 1.807) is 0 Å². The van der Waals surface area contributed by atoms with Gasteiger partial charge in [-0.05, 0) is 69.8 Å². The van der Waals surface area contributed by atoms with Crippen LogP contribution in [0.15, 0.2) is 219 Å².